The molecule has 98 valence electrons. The van der Waals surface area contributed by atoms with Gasteiger partial charge >= 0.3 is 0 Å². The molecule has 0 aromatic carbocycles. The average molecular weight is 313 g/mol. The number of rotatable bonds is 3. The van der Waals surface area contributed by atoms with Crippen LogP contribution in [0.15, 0.2) is 22.8 Å². The summed E-state index contributed by atoms with van der Waals surface area (Å²) in [4.78, 5) is 16.1. The Morgan fingerprint density at radius 2 is 2.11 bits per heavy atom. The molecule has 1 aliphatic carbocycles. The van der Waals surface area contributed by atoms with Gasteiger partial charge in [0.15, 0.2) is 0 Å². The normalized spacial score (nSPS) is 23.7. The van der Waals surface area contributed by atoms with Crippen LogP contribution >= 0.6 is 15.9 Å². The first-order valence-corrected chi connectivity index (χ1v) is 7.02. The van der Waals surface area contributed by atoms with Gasteiger partial charge in [0.2, 0.25) is 0 Å². The van der Waals surface area contributed by atoms with Crippen molar-refractivity contribution in [2.24, 2.45) is 5.92 Å². The molecule has 1 aromatic rings. The first kappa shape index (κ1) is 13.5. The van der Waals surface area contributed by atoms with Crippen LogP contribution in [0, 0.1) is 5.92 Å². The summed E-state index contributed by atoms with van der Waals surface area (Å²) < 4.78 is 0.666. The summed E-state index contributed by atoms with van der Waals surface area (Å²) >= 11 is 3.25. The fourth-order valence-electron chi connectivity index (χ4n) is 2.28. The van der Waals surface area contributed by atoms with E-state index in [1.54, 1.807) is 18.2 Å². The third kappa shape index (κ3) is 3.53. The van der Waals surface area contributed by atoms with Crippen molar-refractivity contribution in [2.75, 3.05) is 6.61 Å². The highest BCUT2D eigenvalue weighted by Gasteiger charge is 2.22. The van der Waals surface area contributed by atoms with Gasteiger partial charge in [0, 0.05) is 12.6 Å². The maximum Gasteiger partial charge on any atom is 0.270 e. The fourth-order valence-corrected chi connectivity index (χ4v) is 2.63. The molecule has 0 radical (unpaired) electrons. The molecular weight excluding hydrogens is 296 g/mol. The van der Waals surface area contributed by atoms with Gasteiger partial charge in [-0.15, -0.1) is 0 Å². The van der Waals surface area contributed by atoms with E-state index in [1.807, 2.05) is 0 Å². The van der Waals surface area contributed by atoms with Crippen molar-refractivity contribution < 1.29 is 9.90 Å². The smallest absolute Gasteiger partial charge is 0.270 e. The Morgan fingerprint density at radius 3 is 2.72 bits per heavy atom. The minimum Gasteiger partial charge on any atom is -0.396 e. The summed E-state index contributed by atoms with van der Waals surface area (Å²) in [6.45, 7) is 0.258. The van der Waals surface area contributed by atoms with Crippen LogP contribution in [0.1, 0.15) is 36.2 Å². The number of aliphatic hydroxyl groups is 1. The average Bonchev–Trinajstić information content (AvgIpc) is 2.39. The molecule has 1 aromatic heterocycles. The lowest BCUT2D eigenvalue weighted by Crippen LogP contribution is -2.38. The predicted molar refractivity (Wildman–Crippen MR) is 72.2 cm³/mol. The Kier molecular flexibility index (Phi) is 4.72. The Morgan fingerprint density at radius 1 is 1.39 bits per heavy atom. The van der Waals surface area contributed by atoms with E-state index in [2.05, 4.69) is 26.2 Å². The van der Waals surface area contributed by atoms with Crippen molar-refractivity contribution in [3.05, 3.63) is 28.5 Å². The topological polar surface area (TPSA) is 62.2 Å². The first-order valence-electron chi connectivity index (χ1n) is 6.23. The van der Waals surface area contributed by atoms with E-state index in [-0.39, 0.29) is 18.6 Å². The lowest BCUT2D eigenvalue weighted by molar-refractivity contribution is 0.0909. The molecule has 2 N–H and O–H groups in total. The molecule has 0 atom stereocenters. The Balaban J connectivity index is 1.89. The molecule has 18 heavy (non-hydrogen) atoms. The lowest BCUT2D eigenvalue weighted by Gasteiger charge is -2.27. The number of hydrogen-bond acceptors (Lipinski definition) is 3. The maximum absolute atomic E-state index is 12.0. The molecule has 4 nitrogen and oxygen atoms in total. The Bertz CT molecular complexity index is 417. The number of amides is 1. The summed E-state index contributed by atoms with van der Waals surface area (Å²) in [5.74, 6) is 0.283. The highest BCUT2D eigenvalue weighted by atomic mass is 79.9. The van der Waals surface area contributed by atoms with Gasteiger partial charge in [-0.2, -0.15) is 0 Å². The lowest BCUT2D eigenvalue weighted by atomic mass is 9.86. The molecule has 0 bridgehead atoms. The molecule has 0 unspecified atom stereocenters. The van der Waals surface area contributed by atoms with E-state index in [1.165, 1.54) is 0 Å². The second-order valence-electron chi connectivity index (χ2n) is 4.72. The molecule has 1 heterocycles. The molecule has 1 saturated carbocycles. The number of nitrogens with zero attached hydrogens (tertiary/aromatic N) is 1. The van der Waals surface area contributed by atoms with Crippen molar-refractivity contribution in [3.63, 3.8) is 0 Å². The number of carbonyl (C=O) groups is 1. The zero-order valence-electron chi connectivity index (χ0n) is 10.1. The van der Waals surface area contributed by atoms with Gasteiger partial charge in [-0.1, -0.05) is 6.07 Å². The van der Waals surface area contributed by atoms with Crippen molar-refractivity contribution in [2.45, 2.75) is 31.7 Å². The van der Waals surface area contributed by atoms with Gasteiger partial charge in [-0.3, -0.25) is 4.79 Å². The molecule has 0 spiro atoms. The van der Waals surface area contributed by atoms with Crippen LogP contribution in [0.4, 0.5) is 0 Å². The van der Waals surface area contributed by atoms with E-state index in [0.717, 1.165) is 25.7 Å². The number of nitrogens with one attached hydrogen (secondary N) is 1. The highest BCUT2D eigenvalue weighted by Crippen LogP contribution is 2.23. The molecule has 1 fully saturated rings. The summed E-state index contributed by atoms with van der Waals surface area (Å²) in [6.07, 6.45) is 3.83. The number of hydrogen-bond donors (Lipinski definition) is 2. The van der Waals surface area contributed by atoms with Crippen LogP contribution in [-0.4, -0.2) is 28.6 Å². The monoisotopic (exact) mass is 312 g/mol. The minimum absolute atomic E-state index is 0.122. The number of pyridine rings is 1. The molecule has 0 aliphatic heterocycles. The van der Waals surface area contributed by atoms with Crippen LogP contribution in [0.25, 0.3) is 0 Å². The van der Waals surface area contributed by atoms with E-state index < -0.39 is 0 Å². The van der Waals surface area contributed by atoms with Gasteiger partial charge < -0.3 is 10.4 Å². The summed E-state index contributed by atoms with van der Waals surface area (Å²) in [7, 11) is 0. The molecular formula is C13H17BrN2O2. The second kappa shape index (κ2) is 6.29. The van der Waals surface area contributed by atoms with E-state index >= 15 is 0 Å². The Hall–Kier alpha value is -0.940. The third-order valence-corrected chi connectivity index (χ3v) is 3.83. The zero-order valence-corrected chi connectivity index (χ0v) is 11.7. The largest absolute Gasteiger partial charge is 0.396 e. The van der Waals surface area contributed by atoms with E-state index in [4.69, 9.17) is 5.11 Å². The molecule has 1 aliphatic rings. The van der Waals surface area contributed by atoms with E-state index in [9.17, 15) is 4.79 Å². The van der Waals surface area contributed by atoms with Crippen LogP contribution in [0.5, 0.6) is 0 Å². The molecule has 2 rings (SSSR count). The second-order valence-corrected chi connectivity index (χ2v) is 5.53. The van der Waals surface area contributed by atoms with Crippen LogP contribution in [-0.2, 0) is 0 Å². The standard InChI is InChI=1S/C13H17BrN2O2/c14-12-3-1-2-11(16-12)13(18)15-10-6-4-9(8-17)5-7-10/h1-3,9-10,17H,4-8H2,(H,15,18). The minimum atomic E-state index is -0.122. The van der Waals surface area contributed by atoms with Crippen LogP contribution < -0.4 is 5.32 Å². The Labute approximate surface area is 115 Å². The molecule has 0 saturated heterocycles. The zero-order chi connectivity index (χ0) is 13.0. The molecule has 5 heteroatoms. The quantitative estimate of drug-likeness (QED) is 0.840. The van der Waals surface area contributed by atoms with Crippen molar-refractivity contribution in [1.29, 1.82) is 0 Å². The first-order chi connectivity index (χ1) is 8.69. The SMILES string of the molecule is O=C(NC1CCC(CO)CC1)c1cccc(Br)n1. The van der Waals surface area contributed by atoms with Gasteiger partial charge in [-0.05, 0) is 59.7 Å². The highest BCUT2D eigenvalue weighted by molar-refractivity contribution is 9.10. The summed E-state index contributed by atoms with van der Waals surface area (Å²) in [5.41, 5.74) is 0.439. The van der Waals surface area contributed by atoms with Crippen molar-refractivity contribution in [1.82, 2.24) is 10.3 Å². The number of aromatic nitrogens is 1. The van der Waals surface area contributed by atoms with Gasteiger partial charge in [-0.25, -0.2) is 4.98 Å². The van der Waals surface area contributed by atoms with Gasteiger partial charge in [0.1, 0.15) is 10.3 Å². The van der Waals surface area contributed by atoms with Crippen molar-refractivity contribution >= 4 is 21.8 Å². The number of aliphatic hydroxyl groups excluding tert-OH is 1. The van der Waals surface area contributed by atoms with Gasteiger partial charge in [0.25, 0.3) is 5.91 Å². The summed E-state index contributed by atoms with van der Waals surface area (Å²) in [6, 6.07) is 5.51. The summed E-state index contributed by atoms with van der Waals surface area (Å²) in [5, 5.41) is 12.1. The van der Waals surface area contributed by atoms with E-state index in [0.29, 0.717) is 16.2 Å². The number of carbonyl (C=O) groups excluding carboxylic acids is 1. The van der Waals surface area contributed by atoms with Crippen LogP contribution in [0.2, 0.25) is 0 Å². The number of halogens is 1. The third-order valence-electron chi connectivity index (χ3n) is 3.39. The fraction of sp³-hybridized carbons (Fsp3) is 0.538. The maximum atomic E-state index is 12.0. The molecule has 1 amide bonds. The van der Waals surface area contributed by atoms with Crippen LogP contribution in [0.3, 0.4) is 0 Å². The predicted octanol–water partition coefficient (Wildman–Crippen LogP) is 2.12. The van der Waals surface area contributed by atoms with Gasteiger partial charge in [0.05, 0.1) is 0 Å². The van der Waals surface area contributed by atoms with Crippen molar-refractivity contribution in [3.8, 4) is 0 Å².